The van der Waals surface area contributed by atoms with Gasteiger partial charge in [0.15, 0.2) is 11.5 Å². The number of carboxylic acids is 1. The summed E-state index contributed by atoms with van der Waals surface area (Å²) >= 11 is 0. The number of carbonyl (C=O) groups is 1. The maximum Gasteiger partial charge on any atom is 0.354 e. The van der Waals surface area contributed by atoms with Crippen LogP contribution in [0.5, 0.6) is 0 Å². The number of carboxylic acid groups (broad SMARTS) is 1. The zero-order valence-electron chi connectivity index (χ0n) is 11.9. The summed E-state index contributed by atoms with van der Waals surface area (Å²) in [4.78, 5) is 17.2. The molecule has 0 saturated carbocycles. The van der Waals surface area contributed by atoms with Gasteiger partial charge in [-0.2, -0.15) is 0 Å². The molecule has 0 radical (unpaired) electrons. The van der Waals surface area contributed by atoms with E-state index in [1.807, 2.05) is 6.92 Å². The highest BCUT2D eigenvalue weighted by atomic mass is 16.4. The molecule has 0 fully saturated rings. The van der Waals surface area contributed by atoms with Crippen LogP contribution in [0, 0.1) is 5.92 Å². The van der Waals surface area contributed by atoms with Crippen molar-refractivity contribution in [3.63, 3.8) is 0 Å². The van der Waals surface area contributed by atoms with Crippen molar-refractivity contribution in [1.29, 1.82) is 0 Å². The van der Waals surface area contributed by atoms with Crippen LogP contribution in [0.15, 0.2) is 12.1 Å². The fourth-order valence-corrected chi connectivity index (χ4v) is 2.06. The van der Waals surface area contributed by atoms with Gasteiger partial charge in [0.25, 0.3) is 0 Å². The van der Waals surface area contributed by atoms with E-state index in [2.05, 4.69) is 23.7 Å². The third kappa shape index (κ3) is 3.84. The standard InChI is InChI=1S/C14H23N3O2/c1-4-10(5-2)9-17(6-3)13-11(15)7-8-12(16-13)14(18)19/h7-8,10H,4-6,9,15H2,1-3H3,(H,18,19). The third-order valence-corrected chi connectivity index (χ3v) is 3.44. The molecule has 1 rings (SSSR count). The summed E-state index contributed by atoms with van der Waals surface area (Å²) in [5.41, 5.74) is 6.49. The number of nitrogens with zero attached hydrogens (tertiary/aromatic N) is 2. The Bertz CT molecular complexity index is 431. The van der Waals surface area contributed by atoms with E-state index in [4.69, 9.17) is 10.8 Å². The molecule has 5 nitrogen and oxygen atoms in total. The van der Waals surface area contributed by atoms with Crippen LogP contribution in [0.3, 0.4) is 0 Å². The molecule has 0 aliphatic carbocycles. The molecule has 0 aliphatic rings. The van der Waals surface area contributed by atoms with E-state index < -0.39 is 5.97 Å². The Hall–Kier alpha value is -1.78. The summed E-state index contributed by atoms with van der Waals surface area (Å²) in [6.07, 6.45) is 2.18. The Balaban J connectivity index is 3.03. The van der Waals surface area contributed by atoms with Crippen LogP contribution in [0.4, 0.5) is 11.5 Å². The van der Waals surface area contributed by atoms with Crippen molar-refractivity contribution < 1.29 is 9.90 Å². The molecule has 0 unspecified atom stereocenters. The average Bonchev–Trinajstić information content (AvgIpc) is 2.41. The molecular formula is C14H23N3O2. The number of hydrogen-bond acceptors (Lipinski definition) is 4. The van der Waals surface area contributed by atoms with Gasteiger partial charge >= 0.3 is 5.97 Å². The lowest BCUT2D eigenvalue weighted by molar-refractivity contribution is 0.0690. The topological polar surface area (TPSA) is 79.5 Å². The van der Waals surface area contributed by atoms with Crippen molar-refractivity contribution in [3.05, 3.63) is 17.8 Å². The second-order valence-electron chi connectivity index (χ2n) is 4.64. The summed E-state index contributed by atoms with van der Waals surface area (Å²) < 4.78 is 0. The van der Waals surface area contributed by atoms with E-state index >= 15 is 0 Å². The van der Waals surface area contributed by atoms with Gasteiger partial charge in [0, 0.05) is 13.1 Å². The van der Waals surface area contributed by atoms with Crippen molar-refractivity contribution in [2.24, 2.45) is 5.92 Å². The quantitative estimate of drug-likeness (QED) is 0.792. The molecule has 0 saturated heterocycles. The van der Waals surface area contributed by atoms with E-state index in [-0.39, 0.29) is 5.69 Å². The number of nitrogen functional groups attached to an aromatic ring is 1. The zero-order chi connectivity index (χ0) is 14.4. The van der Waals surface area contributed by atoms with Crippen molar-refractivity contribution in [3.8, 4) is 0 Å². The lowest BCUT2D eigenvalue weighted by Crippen LogP contribution is -2.30. The second kappa shape index (κ2) is 6.97. The van der Waals surface area contributed by atoms with Gasteiger partial charge in [-0.15, -0.1) is 0 Å². The Labute approximate surface area is 114 Å². The molecule has 1 aromatic rings. The Morgan fingerprint density at radius 1 is 1.37 bits per heavy atom. The van der Waals surface area contributed by atoms with Gasteiger partial charge < -0.3 is 15.7 Å². The normalized spacial score (nSPS) is 10.7. The van der Waals surface area contributed by atoms with Crippen LogP contribution in [-0.4, -0.2) is 29.1 Å². The number of aromatic nitrogens is 1. The molecule has 0 atom stereocenters. The molecule has 0 aromatic carbocycles. The maximum atomic E-state index is 11.0. The fourth-order valence-electron chi connectivity index (χ4n) is 2.06. The van der Waals surface area contributed by atoms with Gasteiger partial charge in [0.1, 0.15) is 0 Å². The number of hydrogen-bond donors (Lipinski definition) is 2. The van der Waals surface area contributed by atoms with Crippen LogP contribution in [-0.2, 0) is 0 Å². The molecule has 19 heavy (non-hydrogen) atoms. The Kier molecular flexibility index (Phi) is 5.60. The second-order valence-corrected chi connectivity index (χ2v) is 4.64. The highest BCUT2D eigenvalue weighted by Crippen LogP contribution is 2.23. The van der Waals surface area contributed by atoms with Gasteiger partial charge in [0.2, 0.25) is 0 Å². The fraction of sp³-hybridized carbons (Fsp3) is 0.571. The monoisotopic (exact) mass is 265 g/mol. The van der Waals surface area contributed by atoms with Crippen molar-refractivity contribution >= 4 is 17.5 Å². The smallest absolute Gasteiger partial charge is 0.354 e. The largest absolute Gasteiger partial charge is 0.477 e. The van der Waals surface area contributed by atoms with E-state index in [1.54, 1.807) is 6.07 Å². The number of aromatic carboxylic acids is 1. The van der Waals surface area contributed by atoms with Crippen molar-refractivity contribution in [1.82, 2.24) is 4.98 Å². The van der Waals surface area contributed by atoms with E-state index in [1.165, 1.54) is 6.07 Å². The first-order valence-electron chi connectivity index (χ1n) is 6.78. The first kappa shape index (κ1) is 15.3. The SMILES string of the molecule is CCC(CC)CN(CC)c1nc(C(=O)O)ccc1N. The van der Waals surface area contributed by atoms with Gasteiger partial charge in [-0.05, 0) is 25.0 Å². The van der Waals surface area contributed by atoms with Crippen LogP contribution < -0.4 is 10.6 Å². The lowest BCUT2D eigenvalue weighted by atomic mass is 10.0. The molecule has 0 amide bonds. The first-order valence-corrected chi connectivity index (χ1v) is 6.78. The minimum absolute atomic E-state index is 0.0344. The maximum absolute atomic E-state index is 11.0. The zero-order valence-corrected chi connectivity index (χ0v) is 11.9. The van der Waals surface area contributed by atoms with E-state index in [9.17, 15) is 4.79 Å². The summed E-state index contributed by atoms with van der Waals surface area (Å²) in [6.45, 7) is 7.95. The third-order valence-electron chi connectivity index (χ3n) is 3.44. The average molecular weight is 265 g/mol. The summed E-state index contributed by atoms with van der Waals surface area (Å²) in [5, 5.41) is 9.01. The van der Waals surface area contributed by atoms with Crippen LogP contribution in [0.25, 0.3) is 0 Å². The molecule has 1 aromatic heterocycles. The first-order chi connectivity index (χ1) is 9.03. The number of pyridine rings is 1. The summed E-state index contributed by atoms with van der Waals surface area (Å²) in [6, 6.07) is 3.05. The lowest BCUT2D eigenvalue weighted by Gasteiger charge is -2.27. The molecule has 0 aliphatic heterocycles. The Morgan fingerprint density at radius 2 is 2.00 bits per heavy atom. The predicted molar refractivity (Wildman–Crippen MR) is 77.6 cm³/mol. The Morgan fingerprint density at radius 3 is 2.47 bits per heavy atom. The molecule has 0 bridgehead atoms. The van der Waals surface area contributed by atoms with Gasteiger partial charge in [-0.25, -0.2) is 9.78 Å². The summed E-state index contributed by atoms with van der Waals surface area (Å²) in [5.74, 6) is 0.115. The van der Waals surface area contributed by atoms with Crippen LogP contribution in [0.2, 0.25) is 0 Å². The van der Waals surface area contributed by atoms with Gasteiger partial charge in [0.05, 0.1) is 5.69 Å². The molecular weight excluding hydrogens is 242 g/mol. The van der Waals surface area contributed by atoms with E-state index in [0.717, 1.165) is 25.9 Å². The molecule has 1 heterocycles. The highest BCUT2D eigenvalue weighted by Gasteiger charge is 2.16. The minimum Gasteiger partial charge on any atom is -0.477 e. The van der Waals surface area contributed by atoms with Crippen LogP contribution >= 0.6 is 0 Å². The molecule has 3 N–H and O–H groups in total. The number of anilines is 2. The van der Waals surface area contributed by atoms with Gasteiger partial charge in [-0.3, -0.25) is 0 Å². The molecule has 106 valence electrons. The highest BCUT2D eigenvalue weighted by molar-refractivity contribution is 5.86. The van der Waals surface area contributed by atoms with Crippen LogP contribution in [0.1, 0.15) is 44.1 Å². The van der Waals surface area contributed by atoms with Crippen molar-refractivity contribution in [2.75, 3.05) is 23.7 Å². The van der Waals surface area contributed by atoms with Crippen molar-refractivity contribution in [2.45, 2.75) is 33.6 Å². The predicted octanol–water partition coefficient (Wildman–Crippen LogP) is 2.62. The molecule has 0 spiro atoms. The molecule has 5 heteroatoms. The van der Waals surface area contributed by atoms with E-state index in [0.29, 0.717) is 17.4 Å². The number of rotatable bonds is 7. The minimum atomic E-state index is -1.03. The summed E-state index contributed by atoms with van der Waals surface area (Å²) in [7, 11) is 0. The number of nitrogens with two attached hydrogens (primary N) is 1. The van der Waals surface area contributed by atoms with Gasteiger partial charge in [-0.1, -0.05) is 26.7 Å².